The van der Waals surface area contributed by atoms with Gasteiger partial charge in [0.1, 0.15) is 0 Å². The van der Waals surface area contributed by atoms with E-state index in [1.807, 2.05) is 42.2 Å². The third kappa shape index (κ3) is 6.31. The first-order chi connectivity index (χ1) is 12.8. The Hall–Kier alpha value is -2.12. The molecule has 1 fully saturated rings. The zero-order chi connectivity index (χ0) is 18.6. The average molecular weight is 362 g/mol. The number of nitrogens with zero attached hydrogens (tertiary/aromatic N) is 2. The van der Waals surface area contributed by atoms with Crippen molar-refractivity contribution in [3.05, 3.63) is 35.9 Å². The van der Waals surface area contributed by atoms with Crippen LogP contribution in [0.5, 0.6) is 0 Å². The molecule has 0 bridgehead atoms. The van der Waals surface area contributed by atoms with Crippen molar-refractivity contribution in [3.8, 4) is 0 Å². The molecular weight excluding hydrogens is 332 g/mol. The van der Waals surface area contributed by atoms with Gasteiger partial charge in [-0.25, -0.2) is 0 Å². The highest BCUT2D eigenvalue weighted by molar-refractivity contribution is 5.85. The largest absolute Gasteiger partial charge is 0.383 e. The van der Waals surface area contributed by atoms with E-state index >= 15 is 0 Å². The molecule has 0 saturated carbocycles. The van der Waals surface area contributed by atoms with Crippen LogP contribution in [0.1, 0.15) is 18.4 Å². The van der Waals surface area contributed by atoms with E-state index < -0.39 is 0 Å². The summed E-state index contributed by atoms with van der Waals surface area (Å²) in [5.41, 5.74) is 0.987. The Kier molecular flexibility index (Phi) is 8.92. The Morgan fingerprint density at radius 1 is 1.27 bits per heavy atom. The number of carbonyl (C=O) groups excluding carboxylic acids is 1. The topological polar surface area (TPSA) is 75.2 Å². The maximum atomic E-state index is 13.1. The maximum absolute atomic E-state index is 13.1. The minimum Gasteiger partial charge on any atom is -0.383 e. The molecule has 0 aliphatic carbocycles. The van der Waals surface area contributed by atoms with Crippen molar-refractivity contribution in [3.63, 3.8) is 0 Å². The van der Waals surface area contributed by atoms with Crippen LogP contribution < -0.4 is 10.6 Å². The Labute approximate surface area is 155 Å². The molecule has 0 radical (unpaired) electrons. The lowest BCUT2D eigenvalue weighted by Crippen LogP contribution is -2.44. The highest BCUT2D eigenvalue weighted by Gasteiger charge is 2.27. The summed E-state index contributed by atoms with van der Waals surface area (Å²) in [4.78, 5) is 19.6. The number of nitrogens with one attached hydrogen (secondary N) is 2. The molecule has 2 rings (SSSR count). The minimum absolute atomic E-state index is 0.107. The van der Waals surface area contributed by atoms with E-state index in [0.29, 0.717) is 52.0 Å². The molecule has 1 amide bonds. The number of aliphatic imine (C=N–C) groups is 1. The second-order valence-corrected chi connectivity index (χ2v) is 6.04. The zero-order valence-corrected chi connectivity index (χ0v) is 15.7. The van der Waals surface area contributed by atoms with Crippen molar-refractivity contribution in [2.75, 3.05) is 59.7 Å². The number of benzene rings is 1. The van der Waals surface area contributed by atoms with Gasteiger partial charge in [0.05, 0.1) is 32.3 Å². The lowest BCUT2D eigenvalue weighted by molar-refractivity contribution is -0.136. The number of ether oxygens (including phenoxy) is 2. The van der Waals surface area contributed by atoms with E-state index in [1.54, 1.807) is 7.11 Å². The highest BCUT2D eigenvalue weighted by Crippen LogP contribution is 2.20. The average Bonchev–Trinajstić information content (AvgIpc) is 2.69. The molecule has 1 unspecified atom stereocenters. The number of guanidine groups is 1. The molecule has 1 aromatic rings. The second-order valence-electron chi connectivity index (χ2n) is 6.04. The lowest BCUT2D eigenvalue weighted by Gasteiger charge is -2.30. The van der Waals surface area contributed by atoms with Gasteiger partial charge >= 0.3 is 0 Å². The summed E-state index contributed by atoms with van der Waals surface area (Å²) in [6, 6.07) is 9.86. The van der Waals surface area contributed by atoms with Crippen LogP contribution >= 0.6 is 0 Å². The molecule has 1 aliphatic rings. The Morgan fingerprint density at radius 2 is 2.00 bits per heavy atom. The Balaban J connectivity index is 2.11. The molecule has 7 heteroatoms. The van der Waals surface area contributed by atoms with Gasteiger partial charge in [-0.1, -0.05) is 30.3 Å². The van der Waals surface area contributed by atoms with Gasteiger partial charge < -0.3 is 25.0 Å². The lowest BCUT2D eigenvalue weighted by atomic mass is 9.97. The predicted molar refractivity (Wildman–Crippen MR) is 102 cm³/mol. The van der Waals surface area contributed by atoms with Crippen molar-refractivity contribution in [1.29, 1.82) is 0 Å². The van der Waals surface area contributed by atoms with E-state index in [-0.39, 0.29) is 11.8 Å². The number of methoxy groups -OCH3 is 1. The summed E-state index contributed by atoms with van der Waals surface area (Å²) in [5.74, 6) is 0.503. The molecule has 1 atom stereocenters. The summed E-state index contributed by atoms with van der Waals surface area (Å²) in [7, 11) is 1.66. The second kappa shape index (κ2) is 11.5. The molecule has 26 heavy (non-hydrogen) atoms. The van der Waals surface area contributed by atoms with E-state index in [2.05, 4.69) is 15.6 Å². The summed E-state index contributed by atoms with van der Waals surface area (Å²) in [6.45, 7) is 6.89. The van der Waals surface area contributed by atoms with Crippen LogP contribution in [0.25, 0.3) is 0 Å². The monoisotopic (exact) mass is 362 g/mol. The van der Waals surface area contributed by atoms with Crippen molar-refractivity contribution < 1.29 is 14.3 Å². The fraction of sp³-hybridized carbons (Fsp3) is 0.579. The van der Waals surface area contributed by atoms with Crippen LogP contribution in [0, 0.1) is 0 Å². The van der Waals surface area contributed by atoms with E-state index in [1.165, 1.54) is 0 Å². The quantitative estimate of drug-likeness (QED) is 0.407. The van der Waals surface area contributed by atoms with Crippen molar-refractivity contribution in [2.45, 2.75) is 12.8 Å². The van der Waals surface area contributed by atoms with E-state index in [0.717, 1.165) is 12.1 Å². The zero-order valence-electron chi connectivity index (χ0n) is 15.7. The summed E-state index contributed by atoms with van der Waals surface area (Å²) >= 11 is 0. The van der Waals surface area contributed by atoms with Gasteiger partial charge in [-0.3, -0.25) is 9.79 Å². The van der Waals surface area contributed by atoms with Crippen molar-refractivity contribution in [1.82, 2.24) is 15.5 Å². The minimum atomic E-state index is -0.299. The molecule has 0 spiro atoms. The Morgan fingerprint density at radius 3 is 2.65 bits per heavy atom. The number of morpholine rings is 1. The van der Waals surface area contributed by atoms with Gasteiger partial charge in [0.2, 0.25) is 5.91 Å². The van der Waals surface area contributed by atoms with Crippen molar-refractivity contribution in [2.24, 2.45) is 4.99 Å². The number of amides is 1. The first kappa shape index (κ1) is 20.2. The van der Waals surface area contributed by atoms with E-state index in [9.17, 15) is 4.79 Å². The third-order valence-corrected chi connectivity index (χ3v) is 4.20. The molecular formula is C19H30N4O3. The van der Waals surface area contributed by atoms with Crippen LogP contribution in [0.3, 0.4) is 0 Å². The first-order valence-electron chi connectivity index (χ1n) is 9.18. The number of rotatable bonds is 8. The molecule has 2 N–H and O–H groups in total. The number of carbonyl (C=O) groups is 1. The number of hydrogen-bond donors (Lipinski definition) is 2. The molecule has 0 aromatic heterocycles. The molecule has 1 aliphatic heterocycles. The van der Waals surface area contributed by atoms with Crippen LogP contribution in [0.2, 0.25) is 0 Å². The van der Waals surface area contributed by atoms with Gasteiger partial charge in [0.25, 0.3) is 0 Å². The molecule has 1 aromatic carbocycles. The standard InChI is InChI=1S/C19H30N4O3/c1-3-20-19(21-9-12-25-2)22-15-17(16-7-5-4-6-8-16)18(24)23-10-13-26-14-11-23/h4-8,17H,3,9-15H2,1-2H3,(H2,20,21,22). The Bertz CT molecular complexity index is 559. The van der Waals surface area contributed by atoms with Gasteiger partial charge in [-0.2, -0.15) is 0 Å². The van der Waals surface area contributed by atoms with Gasteiger partial charge in [-0.15, -0.1) is 0 Å². The third-order valence-electron chi connectivity index (χ3n) is 4.20. The van der Waals surface area contributed by atoms with Crippen LogP contribution in [0.15, 0.2) is 35.3 Å². The fourth-order valence-electron chi connectivity index (χ4n) is 2.81. The SMILES string of the molecule is CCNC(=NCC(C(=O)N1CCOCC1)c1ccccc1)NCCOC. The van der Waals surface area contributed by atoms with Crippen LogP contribution in [-0.2, 0) is 14.3 Å². The smallest absolute Gasteiger partial charge is 0.232 e. The summed E-state index contributed by atoms with van der Waals surface area (Å²) in [5, 5.41) is 6.42. The van der Waals surface area contributed by atoms with Gasteiger partial charge in [-0.05, 0) is 12.5 Å². The fourth-order valence-corrected chi connectivity index (χ4v) is 2.81. The van der Waals surface area contributed by atoms with Crippen molar-refractivity contribution >= 4 is 11.9 Å². The molecule has 144 valence electrons. The van der Waals surface area contributed by atoms with Gasteiger partial charge in [0, 0.05) is 33.3 Å². The normalized spacial score (nSPS) is 16.2. The predicted octanol–water partition coefficient (Wildman–Crippen LogP) is 0.831. The summed E-state index contributed by atoms with van der Waals surface area (Å²) in [6.07, 6.45) is 0. The molecule has 1 saturated heterocycles. The maximum Gasteiger partial charge on any atom is 0.232 e. The number of hydrogen-bond acceptors (Lipinski definition) is 4. The summed E-state index contributed by atoms with van der Waals surface area (Å²) < 4.78 is 10.4. The molecule has 7 nitrogen and oxygen atoms in total. The first-order valence-corrected chi connectivity index (χ1v) is 9.18. The van der Waals surface area contributed by atoms with Crippen LogP contribution in [-0.4, -0.2) is 76.4 Å². The molecule has 1 heterocycles. The van der Waals surface area contributed by atoms with Gasteiger partial charge in [0.15, 0.2) is 5.96 Å². The highest BCUT2D eigenvalue weighted by atomic mass is 16.5. The van der Waals surface area contributed by atoms with E-state index in [4.69, 9.17) is 9.47 Å². The van der Waals surface area contributed by atoms with Crippen LogP contribution in [0.4, 0.5) is 0 Å².